The Morgan fingerprint density at radius 3 is 2.88 bits per heavy atom. The summed E-state index contributed by atoms with van der Waals surface area (Å²) >= 11 is 0. The lowest BCUT2D eigenvalue weighted by molar-refractivity contribution is 0.112. The fourth-order valence-corrected chi connectivity index (χ4v) is 1.24. The molecule has 0 saturated carbocycles. The van der Waals surface area contributed by atoms with E-state index in [1.807, 2.05) is 6.07 Å². The number of aromatic hydroxyl groups is 1. The monoisotopic (exact) mass is 217 g/mol. The normalized spacial score (nSPS) is 10.0. The molecule has 16 heavy (non-hydrogen) atoms. The second-order valence-corrected chi connectivity index (χ2v) is 2.97. The summed E-state index contributed by atoms with van der Waals surface area (Å²) in [6.07, 6.45) is 3.30. The van der Waals surface area contributed by atoms with Gasteiger partial charge in [0.15, 0.2) is 11.5 Å². The Balaban J connectivity index is 3.26. The van der Waals surface area contributed by atoms with Crippen LogP contribution < -0.4 is 4.74 Å². The van der Waals surface area contributed by atoms with Crippen LogP contribution in [0.25, 0.3) is 6.08 Å². The van der Waals surface area contributed by atoms with Crippen molar-refractivity contribution in [1.29, 1.82) is 5.26 Å². The first-order valence-corrected chi connectivity index (χ1v) is 4.74. The maximum atomic E-state index is 10.7. The molecule has 0 aromatic heterocycles. The second-order valence-electron chi connectivity index (χ2n) is 2.97. The molecule has 1 rings (SSSR count). The summed E-state index contributed by atoms with van der Waals surface area (Å²) in [6.45, 7) is 2.16. The maximum absolute atomic E-state index is 10.7. The van der Waals surface area contributed by atoms with Crippen LogP contribution in [0, 0.1) is 11.3 Å². The van der Waals surface area contributed by atoms with E-state index in [0.717, 1.165) is 0 Å². The van der Waals surface area contributed by atoms with Crippen LogP contribution in [0.2, 0.25) is 0 Å². The van der Waals surface area contributed by atoms with Gasteiger partial charge in [0, 0.05) is 17.2 Å². The average molecular weight is 217 g/mol. The fourth-order valence-electron chi connectivity index (χ4n) is 1.24. The summed E-state index contributed by atoms with van der Waals surface area (Å²) in [5, 5.41) is 18.2. The van der Waals surface area contributed by atoms with Crippen molar-refractivity contribution in [3.63, 3.8) is 0 Å². The van der Waals surface area contributed by atoms with Gasteiger partial charge in [-0.05, 0) is 25.1 Å². The lowest BCUT2D eigenvalue weighted by Crippen LogP contribution is -1.94. The minimum atomic E-state index is -0.0704. The standard InChI is InChI=1S/C12H11NO3/c1-2-16-11-7-9(8-14)6-10(12(11)15)4-3-5-13/h3-4,6-8,15H,2H2,1H3. The van der Waals surface area contributed by atoms with Gasteiger partial charge in [-0.15, -0.1) is 0 Å². The second kappa shape index (κ2) is 5.56. The Hall–Kier alpha value is -2.28. The molecular weight excluding hydrogens is 206 g/mol. The molecule has 0 aliphatic heterocycles. The SMILES string of the molecule is CCOc1cc(C=O)cc(C=CC#N)c1O. The average Bonchev–Trinajstić information content (AvgIpc) is 2.30. The van der Waals surface area contributed by atoms with Crippen LogP contribution in [0.15, 0.2) is 18.2 Å². The third-order valence-corrected chi connectivity index (χ3v) is 1.90. The van der Waals surface area contributed by atoms with E-state index in [2.05, 4.69) is 0 Å². The van der Waals surface area contributed by atoms with Crippen LogP contribution in [0.3, 0.4) is 0 Å². The smallest absolute Gasteiger partial charge is 0.165 e. The summed E-state index contributed by atoms with van der Waals surface area (Å²) in [5.41, 5.74) is 0.772. The molecule has 0 bridgehead atoms. The van der Waals surface area contributed by atoms with Gasteiger partial charge < -0.3 is 9.84 Å². The zero-order valence-electron chi connectivity index (χ0n) is 8.80. The zero-order valence-corrected chi connectivity index (χ0v) is 8.80. The number of hydrogen-bond donors (Lipinski definition) is 1. The van der Waals surface area contributed by atoms with Gasteiger partial charge in [0.2, 0.25) is 0 Å². The Bertz CT molecular complexity index is 458. The van der Waals surface area contributed by atoms with Gasteiger partial charge in [0.25, 0.3) is 0 Å². The number of allylic oxidation sites excluding steroid dienone is 1. The van der Waals surface area contributed by atoms with Gasteiger partial charge in [-0.1, -0.05) is 0 Å². The van der Waals surface area contributed by atoms with E-state index in [1.54, 1.807) is 6.92 Å². The molecule has 1 N–H and O–H groups in total. The van der Waals surface area contributed by atoms with Gasteiger partial charge in [-0.2, -0.15) is 5.26 Å². The molecule has 0 spiro atoms. The first kappa shape index (κ1) is 11.8. The van der Waals surface area contributed by atoms with E-state index in [0.29, 0.717) is 24.0 Å². The summed E-state index contributed by atoms with van der Waals surface area (Å²) in [7, 11) is 0. The number of nitriles is 1. The maximum Gasteiger partial charge on any atom is 0.165 e. The summed E-state index contributed by atoms with van der Waals surface area (Å²) in [5.74, 6) is 0.170. The van der Waals surface area contributed by atoms with Crippen LogP contribution in [0.4, 0.5) is 0 Å². The number of phenolic OH excluding ortho intramolecular Hbond substituents is 1. The molecule has 0 radical (unpaired) electrons. The van der Waals surface area contributed by atoms with Crippen molar-refractivity contribution < 1.29 is 14.6 Å². The predicted octanol–water partition coefficient (Wildman–Crippen LogP) is 2.14. The molecule has 0 unspecified atom stereocenters. The molecule has 82 valence electrons. The van der Waals surface area contributed by atoms with E-state index >= 15 is 0 Å². The third-order valence-electron chi connectivity index (χ3n) is 1.90. The quantitative estimate of drug-likeness (QED) is 0.619. The van der Waals surface area contributed by atoms with E-state index in [-0.39, 0.29) is 11.5 Å². The van der Waals surface area contributed by atoms with E-state index in [1.165, 1.54) is 24.3 Å². The predicted molar refractivity (Wildman–Crippen MR) is 59.3 cm³/mol. The molecule has 0 fully saturated rings. The van der Waals surface area contributed by atoms with Gasteiger partial charge >= 0.3 is 0 Å². The number of rotatable bonds is 4. The lowest BCUT2D eigenvalue weighted by atomic mass is 10.1. The third kappa shape index (κ3) is 2.61. The van der Waals surface area contributed by atoms with Gasteiger partial charge in [0.1, 0.15) is 6.29 Å². The van der Waals surface area contributed by atoms with Crippen molar-refractivity contribution in [2.45, 2.75) is 6.92 Å². The van der Waals surface area contributed by atoms with Crippen molar-refractivity contribution in [3.05, 3.63) is 29.3 Å². The van der Waals surface area contributed by atoms with Crippen molar-refractivity contribution >= 4 is 12.4 Å². The van der Waals surface area contributed by atoms with Crippen LogP contribution in [0.1, 0.15) is 22.8 Å². The molecule has 0 aliphatic rings. The first-order chi connectivity index (χ1) is 7.72. The van der Waals surface area contributed by atoms with E-state index < -0.39 is 0 Å². The largest absolute Gasteiger partial charge is 0.504 e. The van der Waals surface area contributed by atoms with Gasteiger partial charge in [-0.25, -0.2) is 0 Å². The Labute approximate surface area is 93.4 Å². The Morgan fingerprint density at radius 2 is 2.31 bits per heavy atom. The minimum Gasteiger partial charge on any atom is -0.504 e. The van der Waals surface area contributed by atoms with Crippen molar-refractivity contribution in [1.82, 2.24) is 0 Å². The number of ether oxygens (including phenoxy) is 1. The summed E-state index contributed by atoms with van der Waals surface area (Å²) in [6, 6.07) is 4.75. The van der Waals surface area contributed by atoms with Crippen molar-refractivity contribution in [2.24, 2.45) is 0 Å². The highest BCUT2D eigenvalue weighted by molar-refractivity contribution is 5.79. The van der Waals surface area contributed by atoms with Crippen LogP contribution in [-0.4, -0.2) is 18.0 Å². The highest BCUT2D eigenvalue weighted by Gasteiger charge is 2.08. The topological polar surface area (TPSA) is 70.3 Å². The van der Waals surface area contributed by atoms with E-state index in [4.69, 9.17) is 10.00 Å². The molecule has 1 aromatic carbocycles. The fraction of sp³-hybridized carbons (Fsp3) is 0.167. The highest BCUT2D eigenvalue weighted by Crippen LogP contribution is 2.32. The van der Waals surface area contributed by atoms with Crippen molar-refractivity contribution in [3.8, 4) is 17.6 Å². The van der Waals surface area contributed by atoms with E-state index in [9.17, 15) is 9.90 Å². The molecule has 0 atom stereocenters. The molecule has 0 heterocycles. The minimum absolute atomic E-state index is 0.0704. The molecular formula is C12H11NO3. The van der Waals surface area contributed by atoms with Crippen LogP contribution >= 0.6 is 0 Å². The number of benzene rings is 1. The number of nitrogens with zero attached hydrogens (tertiary/aromatic N) is 1. The Kier molecular flexibility index (Phi) is 4.10. The number of carbonyl (C=O) groups is 1. The van der Waals surface area contributed by atoms with Gasteiger partial charge in [0.05, 0.1) is 12.7 Å². The molecule has 0 aliphatic carbocycles. The summed E-state index contributed by atoms with van der Waals surface area (Å²) < 4.78 is 5.17. The number of phenols is 1. The zero-order chi connectivity index (χ0) is 12.0. The summed E-state index contributed by atoms with van der Waals surface area (Å²) in [4.78, 5) is 10.7. The van der Waals surface area contributed by atoms with Gasteiger partial charge in [-0.3, -0.25) is 4.79 Å². The van der Waals surface area contributed by atoms with Crippen LogP contribution in [-0.2, 0) is 0 Å². The number of hydrogen-bond acceptors (Lipinski definition) is 4. The molecule has 4 nitrogen and oxygen atoms in total. The molecule has 0 amide bonds. The van der Waals surface area contributed by atoms with Crippen LogP contribution in [0.5, 0.6) is 11.5 Å². The Morgan fingerprint density at radius 1 is 1.56 bits per heavy atom. The number of aldehydes is 1. The first-order valence-electron chi connectivity index (χ1n) is 4.74. The number of carbonyl (C=O) groups excluding carboxylic acids is 1. The van der Waals surface area contributed by atoms with Crippen molar-refractivity contribution in [2.75, 3.05) is 6.61 Å². The highest BCUT2D eigenvalue weighted by atomic mass is 16.5. The molecule has 1 aromatic rings. The molecule has 4 heteroatoms. The lowest BCUT2D eigenvalue weighted by Gasteiger charge is -2.08. The molecule has 0 saturated heterocycles.